The summed E-state index contributed by atoms with van der Waals surface area (Å²) in [4.78, 5) is 18.1. The van der Waals surface area contributed by atoms with Crippen molar-refractivity contribution in [1.82, 2.24) is 15.0 Å². The molecule has 152 valence electrons. The van der Waals surface area contributed by atoms with Crippen LogP contribution in [0.3, 0.4) is 0 Å². The highest BCUT2D eigenvalue weighted by Crippen LogP contribution is 2.22. The van der Waals surface area contributed by atoms with Gasteiger partial charge in [-0.3, -0.25) is 4.79 Å². The summed E-state index contributed by atoms with van der Waals surface area (Å²) >= 11 is 6.02. The van der Waals surface area contributed by atoms with Gasteiger partial charge in [-0.15, -0.1) is 0 Å². The molecule has 3 aromatic rings. The van der Waals surface area contributed by atoms with Crippen LogP contribution in [-0.2, 0) is 17.8 Å². The Labute approximate surface area is 173 Å². The molecule has 0 bridgehead atoms. The molecule has 0 aliphatic rings. The summed E-state index contributed by atoms with van der Waals surface area (Å²) in [5, 5.41) is 4.25. The van der Waals surface area contributed by atoms with Crippen molar-refractivity contribution >= 4 is 17.5 Å². The smallest absolute Gasteiger partial charge is 0.227 e. The van der Waals surface area contributed by atoms with Gasteiger partial charge in [-0.25, -0.2) is 4.39 Å². The van der Waals surface area contributed by atoms with Gasteiger partial charge in [-0.1, -0.05) is 22.8 Å². The van der Waals surface area contributed by atoms with Crippen LogP contribution in [0.1, 0.15) is 24.8 Å². The van der Waals surface area contributed by atoms with E-state index in [-0.39, 0.29) is 25.3 Å². The van der Waals surface area contributed by atoms with Gasteiger partial charge in [-0.05, 0) is 43.3 Å². The van der Waals surface area contributed by atoms with Crippen molar-refractivity contribution in [2.24, 2.45) is 0 Å². The predicted molar refractivity (Wildman–Crippen MR) is 107 cm³/mol. The van der Waals surface area contributed by atoms with Gasteiger partial charge in [-0.2, -0.15) is 4.98 Å². The van der Waals surface area contributed by atoms with Crippen LogP contribution >= 0.6 is 11.6 Å². The number of benzene rings is 2. The third kappa shape index (κ3) is 5.32. The lowest BCUT2D eigenvalue weighted by Crippen LogP contribution is -2.27. The summed E-state index contributed by atoms with van der Waals surface area (Å²) < 4.78 is 24.5. The van der Waals surface area contributed by atoms with Gasteiger partial charge in [0.25, 0.3) is 0 Å². The predicted octanol–water partition coefficient (Wildman–Crippen LogP) is 4.52. The van der Waals surface area contributed by atoms with Gasteiger partial charge < -0.3 is 14.2 Å². The normalized spacial score (nSPS) is 10.8. The van der Waals surface area contributed by atoms with Crippen LogP contribution in [0.25, 0.3) is 11.4 Å². The molecule has 0 aliphatic heterocycles. The summed E-state index contributed by atoms with van der Waals surface area (Å²) in [6, 6.07) is 11.8. The minimum Gasteiger partial charge on any atom is -0.494 e. The van der Waals surface area contributed by atoms with Crippen LogP contribution in [0.4, 0.5) is 4.39 Å². The van der Waals surface area contributed by atoms with E-state index in [9.17, 15) is 9.18 Å². The highest BCUT2D eigenvalue weighted by Gasteiger charge is 2.16. The Hall–Kier alpha value is -2.93. The molecule has 0 fully saturated rings. The van der Waals surface area contributed by atoms with E-state index in [1.807, 2.05) is 31.2 Å². The quantitative estimate of drug-likeness (QED) is 0.539. The van der Waals surface area contributed by atoms with Crippen LogP contribution in [0.15, 0.2) is 47.0 Å². The van der Waals surface area contributed by atoms with Gasteiger partial charge >= 0.3 is 0 Å². The summed E-state index contributed by atoms with van der Waals surface area (Å²) in [6.45, 7) is 2.60. The summed E-state index contributed by atoms with van der Waals surface area (Å²) in [5.74, 6) is 0.962. The molecule has 8 heteroatoms. The van der Waals surface area contributed by atoms with Gasteiger partial charge in [0.15, 0.2) is 0 Å². The van der Waals surface area contributed by atoms with Crippen molar-refractivity contribution in [2.45, 2.75) is 26.3 Å². The third-order valence-corrected chi connectivity index (χ3v) is 4.68. The van der Waals surface area contributed by atoms with Crippen LogP contribution in [0, 0.1) is 5.82 Å². The van der Waals surface area contributed by atoms with E-state index in [0.29, 0.717) is 28.9 Å². The Morgan fingerprint density at radius 1 is 1.24 bits per heavy atom. The second-order valence-corrected chi connectivity index (χ2v) is 6.83. The summed E-state index contributed by atoms with van der Waals surface area (Å²) in [6.07, 6.45) is 0.450. The number of nitrogens with zero attached hydrogens (tertiary/aromatic N) is 3. The number of rotatable bonds is 8. The number of aryl methyl sites for hydroxylation is 1. The van der Waals surface area contributed by atoms with E-state index < -0.39 is 5.82 Å². The molecule has 1 amide bonds. The fourth-order valence-corrected chi connectivity index (χ4v) is 2.98. The zero-order valence-electron chi connectivity index (χ0n) is 16.2. The van der Waals surface area contributed by atoms with Crippen LogP contribution < -0.4 is 4.74 Å². The number of halogens is 2. The molecule has 2 aromatic carbocycles. The van der Waals surface area contributed by atoms with E-state index in [4.69, 9.17) is 20.9 Å². The lowest BCUT2D eigenvalue weighted by molar-refractivity contribution is -0.130. The highest BCUT2D eigenvalue weighted by atomic mass is 35.5. The topological polar surface area (TPSA) is 68.5 Å². The molecule has 3 rings (SSSR count). The second-order valence-electron chi connectivity index (χ2n) is 6.42. The van der Waals surface area contributed by atoms with E-state index in [0.717, 1.165) is 11.3 Å². The van der Waals surface area contributed by atoms with Gasteiger partial charge in [0.1, 0.15) is 11.6 Å². The average Bonchev–Trinajstić information content (AvgIpc) is 3.19. The van der Waals surface area contributed by atoms with Crippen molar-refractivity contribution in [3.63, 3.8) is 0 Å². The lowest BCUT2D eigenvalue weighted by atomic mass is 10.2. The Morgan fingerprint density at radius 3 is 2.69 bits per heavy atom. The maximum Gasteiger partial charge on any atom is 0.227 e. The van der Waals surface area contributed by atoms with Crippen molar-refractivity contribution in [2.75, 3.05) is 13.7 Å². The Balaban J connectivity index is 1.56. The first-order valence-electron chi connectivity index (χ1n) is 9.20. The molecule has 0 saturated heterocycles. The average molecular weight is 418 g/mol. The molecule has 0 saturated carbocycles. The minimum absolute atomic E-state index is 0.0889. The molecule has 0 aliphatic carbocycles. The fraction of sp³-hybridized carbons (Fsp3) is 0.286. The molecule has 0 atom stereocenters. The van der Waals surface area contributed by atoms with Crippen LogP contribution in [0.5, 0.6) is 5.75 Å². The van der Waals surface area contributed by atoms with Gasteiger partial charge in [0.2, 0.25) is 17.6 Å². The zero-order valence-corrected chi connectivity index (χ0v) is 16.9. The molecule has 1 heterocycles. The first kappa shape index (κ1) is 20.8. The summed E-state index contributed by atoms with van der Waals surface area (Å²) in [5.41, 5.74) is 1.08. The zero-order chi connectivity index (χ0) is 20.8. The SMILES string of the molecule is CCOc1ccc(-c2noc(CCC(=O)N(C)Cc3c(F)cccc3Cl)n2)cc1. The molecule has 0 N–H and O–H groups in total. The monoisotopic (exact) mass is 417 g/mol. The van der Waals surface area contributed by atoms with E-state index in [2.05, 4.69) is 10.1 Å². The van der Waals surface area contributed by atoms with Gasteiger partial charge in [0, 0.05) is 42.6 Å². The number of hydrogen-bond donors (Lipinski definition) is 0. The number of carbonyl (C=O) groups is 1. The molecule has 1 aromatic heterocycles. The first-order chi connectivity index (χ1) is 14.0. The second kappa shape index (κ2) is 9.52. The molecule has 0 spiro atoms. The van der Waals surface area contributed by atoms with E-state index >= 15 is 0 Å². The number of amides is 1. The Bertz CT molecular complexity index is 955. The van der Waals surface area contributed by atoms with E-state index in [1.165, 1.54) is 17.0 Å². The number of carbonyl (C=O) groups excluding carboxylic acids is 1. The van der Waals surface area contributed by atoms with E-state index in [1.54, 1.807) is 13.1 Å². The number of ether oxygens (including phenoxy) is 1. The molecule has 6 nitrogen and oxygen atoms in total. The molecule has 29 heavy (non-hydrogen) atoms. The third-order valence-electron chi connectivity index (χ3n) is 4.33. The Kier molecular flexibility index (Phi) is 6.82. The maximum absolute atomic E-state index is 13.9. The van der Waals surface area contributed by atoms with Crippen LogP contribution in [-0.4, -0.2) is 34.6 Å². The number of aromatic nitrogens is 2. The standard InChI is InChI=1S/C21H21ClFN3O3/c1-3-28-15-9-7-14(8-10-15)21-24-19(29-25-21)11-12-20(27)26(2)13-16-17(22)5-4-6-18(16)23/h4-10H,3,11-13H2,1-2H3. The lowest BCUT2D eigenvalue weighted by Gasteiger charge is -2.18. The molecular weight excluding hydrogens is 397 g/mol. The fourth-order valence-electron chi connectivity index (χ4n) is 2.75. The van der Waals surface area contributed by atoms with Crippen molar-refractivity contribution in [1.29, 1.82) is 0 Å². The molecule has 0 radical (unpaired) electrons. The first-order valence-corrected chi connectivity index (χ1v) is 9.58. The minimum atomic E-state index is -0.436. The van der Waals surface area contributed by atoms with Crippen molar-refractivity contribution in [3.05, 3.63) is 64.8 Å². The Morgan fingerprint density at radius 2 is 2.00 bits per heavy atom. The molecule has 0 unspecified atom stereocenters. The molecular formula is C21H21ClFN3O3. The van der Waals surface area contributed by atoms with Crippen molar-refractivity contribution in [3.8, 4) is 17.1 Å². The van der Waals surface area contributed by atoms with Gasteiger partial charge in [0.05, 0.1) is 6.61 Å². The highest BCUT2D eigenvalue weighted by molar-refractivity contribution is 6.31. The number of hydrogen-bond acceptors (Lipinski definition) is 5. The van der Waals surface area contributed by atoms with Crippen LogP contribution in [0.2, 0.25) is 5.02 Å². The maximum atomic E-state index is 13.9. The largest absolute Gasteiger partial charge is 0.494 e. The van der Waals surface area contributed by atoms with Crippen molar-refractivity contribution < 1.29 is 18.4 Å². The summed E-state index contributed by atoms with van der Waals surface area (Å²) in [7, 11) is 1.60.